The zero-order valence-corrected chi connectivity index (χ0v) is 16.3. The summed E-state index contributed by atoms with van der Waals surface area (Å²) in [5.41, 5.74) is -0.257. The maximum absolute atomic E-state index is 12.9. The molecule has 2 atom stereocenters. The molecule has 7 nitrogen and oxygen atoms in total. The van der Waals surface area contributed by atoms with Crippen LogP contribution in [0.3, 0.4) is 0 Å². The Kier molecular flexibility index (Phi) is 4.29. The molecule has 3 saturated heterocycles. The van der Waals surface area contributed by atoms with Gasteiger partial charge in [-0.3, -0.25) is 9.69 Å². The van der Waals surface area contributed by atoms with Gasteiger partial charge in [0.05, 0.1) is 10.3 Å². The molecule has 0 spiro atoms. The van der Waals surface area contributed by atoms with Crippen molar-refractivity contribution in [2.24, 2.45) is 5.92 Å². The lowest BCUT2D eigenvalue weighted by Gasteiger charge is -2.33. The molecule has 0 radical (unpaired) electrons. The number of carbonyl (C=O) groups excluding carboxylic acids is 1. The van der Waals surface area contributed by atoms with Crippen molar-refractivity contribution in [2.75, 3.05) is 39.4 Å². The molecule has 5 rings (SSSR count). The first-order chi connectivity index (χ1) is 13.2. The molecule has 2 aromatic rings. The van der Waals surface area contributed by atoms with Gasteiger partial charge in [0.15, 0.2) is 5.82 Å². The van der Waals surface area contributed by atoms with E-state index in [0.29, 0.717) is 30.2 Å². The van der Waals surface area contributed by atoms with E-state index in [0.717, 1.165) is 50.6 Å². The van der Waals surface area contributed by atoms with Gasteiger partial charge in [-0.1, -0.05) is 11.2 Å². The lowest BCUT2D eigenvalue weighted by Crippen LogP contribution is -2.44. The Morgan fingerprint density at radius 3 is 2.85 bits per heavy atom. The lowest BCUT2D eigenvalue weighted by atomic mass is 9.81. The number of rotatable bonds is 3. The van der Waals surface area contributed by atoms with Crippen molar-refractivity contribution in [1.82, 2.24) is 19.9 Å². The number of nitrogens with zero attached hydrogens (tertiary/aromatic N) is 4. The quantitative estimate of drug-likeness (QED) is 0.800. The molecule has 3 fully saturated rings. The Bertz CT molecular complexity index is 817. The molecule has 8 heteroatoms. The molecule has 27 heavy (non-hydrogen) atoms. The average molecular weight is 388 g/mol. The molecule has 2 unspecified atom stereocenters. The number of thiophene rings is 1. The van der Waals surface area contributed by atoms with Crippen LogP contribution in [-0.2, 0) is 10.2 Å². The molecule has 3 aliphatic rings. The second-order valence-electron chi connectivity index (χ2n) is 7.94. The van der Waals surface area contributed by atoms with E-state index in [2.05, 4.69) is 15.0 Å². The number of likely N-dealkylation sites (tertiary alicyclic amines) is 2. The van der Waals surface area contributed by atoms with Crippen LogP contribution < -0.4 is 0 Å². The van der Waals surface area contributed by atoms with Gasteiger partial charge >= 0.3 is 0 Å². The van der Waals surface area contributed by atoms with Gasteiger partial charge in [-0.05, 0) is 31.2 Å². The zero-order valence-electron chi connectivity index (χ0n) is 15.5. The van der Waals surface area contributed by atoms with E-state index in [-0.39, 0.29) is 11.3 Å². The molecule has 0 aromatic carbocycles. The average Bonchev–Trinajstić information content (AvgIpc) is 3.44. The smallest absolute Gasteiger partial charge is 0.263 e. The van der Waals surface area contributed by atoms with Gasteiger partial charge in [-0.2, -0.15) is 4.98 Å². The van der Waals surface area contributed by atoms with Crippen molar-refractivity contribution in [3.63, 3.8) is 0 Å². The number of hydrogen-bond acceptors (Lipinski definition) is 7. The summed E-state index contributed by atoms with van der Waals surface area (Å²) in [7, 11) is 0. The van der Waals surface area contributed by atoms with Crippen LogP contribution in [0, 0.1) is 12.8 Å². The lowest BCUT2D eigenvalue weighted by molar-refractivity contribution is 0.0369. The van der Waals surface area contributed by atoms with E-state index in [9.17, 15) is 4.79 Å². The molecule has 0 bridgehead atoms. The molecule has 5 heterocycles. The van der Waals surface area contributed by atoms with Gasteiger partial charge in [0.25, 0.3) is 5.91 Å². The first-order valence-corrected chi connectivity index (χ1v) is 10.5. The fraction of sp³-hybridized carbons (Fsp3) is 0.632. The minimum Gasteiger partial charge on any atom is -0.381 e. The van der Waals surface area contributed by atoms with Crippen molar-refractivity contribution in [3.8, 4) is 0 Å². The van der Waals surface area contributed by atoms with Gasteiger partial charge in [0, 0.05) is 51.4 Å². The van der Waals surface area contributed by atoms with Crippen LogP contribution in [0.1, 0.15) is 34.2 Å². The first kappa shape index (κ1) is 17.3. The number of carbonyl (C=O) groups is 1. The highest BCUT2D eigenvalue weighted by molar-refractivity contribution is 7.12. The Hall–Kier alpha value is -1.77. The Morgan fingerprint density at radius 1 is 1.30 bits per heavy atom. The minimum atomic E-state index is -0.257. The maximum atomic E-state index is 12.9. The van der Waals surface area contributed by atoms with Crippen LogP contribution >= 0.6 is 11.3 Å². The third-order valence-electron chi connectivity index (χ3n) is 6.32. The molecule has 0 aliphatic carbocycles. The molecule has 2 aromatic heterocycles. The van der Waals surface area contributed by atoms with Crippen molar-refractivity contribution >= 4 is 17.2 Å². The van der Waals surface area contributed by atoms with Crippen molar-refractivity contribution < 1.29 is 14.1 Å². The van der Waals surface area contributed by atoms with E-state index in [1.807, 2.05) is 29.3 Å². The Balaban J connectivity index is 1.43. The van der Waals surface area contributed by atoms with E-state index in [1.54, 1.807) is 0 Å². The van der Waals surface area contributed by atoms with Crippen molar-refractivity contribution in [3.05, 3.63) is 34.1 Å². The summed E-state index contributed by atoms with van der Waals surface area (Å²) in [6.07, 6.45) is 2.15. The summed E-state index contributed by atoms with van der Waals surface area (Å²) in [4.78, 5) is 22.9. The summed E-state index contributed by atoms with van der Waals surface area (Å²) in [6, 6.07) is 4.38. The number of amides is 1. The number of aromatic nitrogens is 2. The third-order valence-corrected chi connectivity index (χ3v) is 7.17. The van der Waals surface area contributed by atoms with Crippen LogP contribution in [0.25, 0.3) is 0 Å². The summed E-state index contributed by atoms with van der Waals surface area (Å²) in [5, 5.41) is 6.00. The maximum Gasteiger partial charge on any atom is 0.263 e. The van der Waals surface area contributed by atoms with Crippen molar-refractivity contribution in [2.45, 2.75) is 31.2 Å². The molecular weight excluding hydrogens is 364 g/mol. The van der Waals surface area contributed by atoms with E-state index in [4.69, 9.17) is 9.26 Å². The normalized spacial score (nSPS) is 29.4. The van der Waals surface area contributed by atoms with E-state index < -0.39 is 0 Å². The van der Waals surface area contributed by atoms with Crippen LogP contribution in [-0.4, -0.2) is 71.3 Å². The van der Waals surface area contributed by atoms with Gasteiger partial charge in [-0.15, -0.1) is 11.3 Å². The summed E-state index contributed by atoms with van der Waals surface area (Å²) < 4.78 is 11.2. The van der Waals surface area contributed by atoms with Gasteiger partial charge in [0.2, 0.25) is 5.89 Å². The predicted octanol–water partition coefficient (Wildman–Crippen LogP) is 1.94. The number of ether oxygens (including phenoxy) is 1. The SMILES string of the molecule is Cc1noc(C23CN(C(=O)c4cccs4)CC2CN(C2CCOCC2)C3)n1. The third kappa shape index (κ3) is 2.90. The summed E-state index contributed by atoms with van der Waals surface area (Å²) in [6.45, 7) is 6.77. The predicted molar refractivity (Wildman–Crippen MR) is 99.8 cm³/mol. The second-order valence-corrected chi connectivity index (χ2v) is 8.88. The fourth-order valence-corrected chi connectivity index (χ4v) is 5.64. The molecular formula is C19H24N4O3S. The van der Waals surface area contributed by atoms with Crippen LogP contribution in [0.2, 0.25) is 0 Å². The second kappa shape index (κ2) is 6.68. The largest absolute Gasteiger partial charge is 0.381 e. The van der Waals surface area contributed by atoms with Crippen LogP contribution in [0.4, 0.5) is 0 Å². The minimum absolute atomic E-state index is 0.118. The van der Waals surface area contributed by atoms with Crippen LogP contribution in [0.15, 0.2) is 22.0 Å². The number of hydrogen-bond donors (Lipinski definition) is 0. The topological polar surface area (TPSA) is 71.7 Å². The highest BCUT2D eigenvalue weighted by atomic mass is 32.1. The fourth-order valence-electron chi connectivity index (χ4n) is 4.95. The molecule has 144 valence electrons. The van der Waals surface area contributed by atoms with Gasteiger partial charge < -0.3 is 14.2 Å². The zero-order chi connectivity index (χ0) is 18.4. The molecule has 0 saturated carbocycles. The highest BCUT2D eigenvalue weighted by Crippen LogP contribution is 2.46. The first-order valence-electron chi connectivity index (χ1n) is 9.61. The standard InChI is InChI=1S/C19H24N4O3S/c1-13-20-18(26-21-13)19-11-22(15-4-6-25-7-5-15)9-14(19)10-23(12-19)17(24)16-3-2-8-27-16/h2-3,8,14-15H,4-7,9-12H2,1H3. The molecule has 0 N–H and O–H groups in total. The van der Waals surface area contributed by atoms with Crippen LogP contribution in [0.5, 0.6) is 0 Å². The highest BCUT2D eigenvalue weighted by Gasteiger charge is 2.58. The number of fused-ring (bicyclic) bond motifs is 1. The summed E-state index contributed by atoms with van der Waals surface area (Å²) in [5.74, 6) is 1.79. The summed E-state index contributed by atoms with van der Waals surface area (Å²) >= 11 is 1.50. The van der Waals surface area contributed by atoms with Gasteiger partial charge in [-0.25, -0.2) is 0 Å². The molecule has 1 amide bonds. The van der Waals surface area contributed by atoms with E-state index in [1.165, 1.54) is 11.3 Å². The monoisotopic (exact) mass is 388 g/mol. The Labute approximate surface area is 162 Å². The van der Waals surface area contributed by atoms with E-state index >= 15 is 0 Å². The number of aryl methyl sites for hydroxylation is 1. The molecule has 3 aliphatic heterocycles. The van der Waals surface area contributed by atoms with Gasteiger partial charge in [0.1, 0.15) is 0 Å². The van der Waals surface area contributed by atoms with Crippen molar-refractivity contribution in [1.29, 1.82) is 0 Å². The Morgan fingerprint density at radius 2 is 2.15 bits per heavy atom.